The molecular formula is C26H43NO5. The summed E-state index contributed by atoms with van der Waals surface area (Å²) in [5.74, 6) is 1.93. The molecule has 0 amide bonds. The van der Waals surface area contributed by atoms with Gasteiger partial charge in [0.05, 0.1) is 0 Å². The zero-order chi connectivity index (χ0) is 22.8. The van der Waals surface area contributed by atoms with Crippen LogP contribution in [-0.2, 0) is 18.9 Å². The normalized spacial score (nSPS) is 35.6. The number of hydrogen-bond donors (Lipinski definition) is 0. The molecule has 182 valence electrons. The van der Waals surface area contributed by atoms with Gasteiger partial charge in [0.25, 0.3) is 0 Å². The Morgan fingerprint density at radius 2 is 1.44 bits per heavy atom. The Bertz CT molecular complexity index is 594. The highest BCUT2D eigenvalue weighted by Crippen LogP contribution is 2.37. The topological polar surface area (TPSA) is 77.8 Å². The second-order valence-electron chi connectivity index (χ2n) is 10.3. The third-order valence-corrected chi connectivity index (χ3v) is 7.71. The Kier molecular flexibility index (Phi) is 10.1. The molecule has 1 heterocycles. The first-order chi connectivity index (χ1) is 15.6. The Labute approximate surface area is 194 Å². The van der Waals surface area contributed by atoms with Gasteiger partial charge in [-0.2, -0.15) is 5.26 Å². The molecule has 32 heavy (non-hydrogen) atoms. The monoisotopic (exact) mass is 449 g/mol. The Hall–Kier alpha value is -1.32. The quantitative estimate of drug-likeness (QED) is 0.373. The van der Waals surface area contributed by atoms with Crippen molar-refractivity contribution in [1.29, 1.82) is 5.26 Å². The SMILES string of the molecule is CCCCC1CCC(OC(=O)O[C@]2(C#N)CO[C@@H](C3CCC(CCCC)CC3)OC2)CC1. The molecule has 6 nitrogen and oxygen atoms in total. The minimum Gasteiger partial charge on any atom is -0.431 e. The van der Waals surface area contributed by atoms with E-state index in [1.54, 1.807) is 0 Å². The summed E-state index contributed by atoms with van der Waals surface area (Å²) in [4.78, 5) is 12.4. The van der Waals surface area contributed by atoms with Crippen LogP contribution in [0.15, 0.2) is 0 Å². The first-order valence-corrected chi connectivity index (χ1v) is 13.1. The van der Waals surface area contributed by atoms with Gasteiger partial charge in [-0.15, -0.1) is 0 Å². The Morgan fingerprint density at radius 1 is 0.906 bits per heavy atom. The lowest BCUT2D eigenvalue weighted by Gasteiger charge is -2.39. The first-order valence-electron chi connectivity index (χ1n) is 13.1. The van der Waals surface area contributed by atoms with E-state index in [9.17, 15) is 10.1 Å². The van der Waals surface area contributed by atoms with Gasteiger partial charge >= 0.3 is 6.16 Å². The van der Waals surface area contributed by atoms with Gasteiger partial charge in [0.1, 0.15) is 25.4 Å². The zero-order valence-electron chi connectivity index (χ0n) is 20.2. The Morgan fingerprint density at radius 3 is 1.94 bits per heavy atom. The van der Waals surface area contributed by atoms with Gasteiger partial charge in [0.15, 0.2) is 6.29 Å². The van der Waals surface area contributed by atoms with Crippen molar-refractivity contribution in [3.05, 3.63) is 0 Å². The van der Waals surface area contributed by atoms with Crippen LogP contribution in [0.2, 0.25) is 0 Å². The number of carbonyl (C=O) groups is 1. The summed E-state index contributed by atoms with van der Waals surface area (Å²) in [7, 11) is 0. The third-order valence-electron chi connectivity index (χ3n) is 7.71. The van der Waals surface area contributed by atoms with E-state index >= 15 is 0 Å². The van der Waals surface area contributed by atoms with Crippen molar-refractivity contribution in [1.82, 2.24) is 0 Å². The van der Waals surface area contributed by atoms with Crippen LogP contribution in [0.3, 0.4) is 0 Å². The van der Waals surface area contributed by atoms with Crippen LogP contribution in [0.25, 0.3) is 0 Å². The van der Waals surface area contributed by atoms with E-state index in [2.05, 4.69) is 19.9 Å². The summed E-state index contributed by atoms with van der Waals surface area (Å²) in [6.07, 6.45) is 15.0. The van der Waals surface area contributed by atoms with E-state index in [1.165, 1.54) is 51.4 Å². The average Bonchev–Trinajstić information content (AvgIpc) is 2.83. The van der Waals surface area contributed by atoms with Crippen molar-refractivity contribution in [2.75, 3.05) is 13.2 Å². The molecule has 0 atom stereocenters. The van der Waals surface area contributed by atoms with E-state index in [-0.39, 0.29) is 25.6 Å². The highest BCUT2D eigenvalue weighted by atomic mass is 16.8. The van der Waals surface area contributed by atoms with Crippen LogP contribution in [0.1, 0.15) is 104 Å². The van der Waals surface area contributed by atoms with Crippen molar-refractivity contribution in [3.8, 4) is 6.07 Å². The molecular weight excluding hydrogens is 406 g/mol. The van der Waals surface area contributed by atoms with Crippen molar-refractivity contribution < 1.29 is 23.7 Å². The molecule has 0 N–H and O–H groups in total. The molecule has 3 rings (SSSR count). The van der Waals surface area contributed by atoms with Gasteiger partial charge in [-0.1, -0.05) is 52.4 Å². The minimum absolute atomic E-state index is 0.0444. The number of hydrogen-bond acceptors (Lipinski definition) is 6. The lowest BCUT2D eigenvalue weighted by Crippen LogP contribution is -2.51. The van der Waals surface area contributed by atoms with Crippen LogP contribution in [-0.4, -0.2) is 37.4 Å². The average molecular weight is 450 g/mol. The second kappa shape index (κ2) is 12.8. The second-order valence-corrected chi connectivity index (χ2v) is 10.3. The summed E-state index contributed by atoms with van der Waals surface area (Å²) in [5.41, 5.74) is -1.41. The zero-order valence-corrected chi connectivity index (χ0v) is 20.2. The molecule has 2 aliphatic carbocycles. The van der Waals surface area contributed by atoms with Crippen molar-refractivity contribution in [2.24, 2.45) is 17.8 Å². The van der Waals surface area contributed by atoms with Crippen molar-refractivity contribution in [3.63, 3.8) is 0 Å². The molecule has 0 aromatic rings. The van der Waals surface area contributed by atoms with E-state index < -0.39 is 11.8 Å². The predicted octanol–water partition coefficient (Wildman–Crippen LogP) is 6.52. The maximum absolute atomic E-state index is 12.4. The lowest BCUT2D eigenvalue weighted by atomic mass is 9.79. The van der Waals surface area contributed by atoms with Crippen molar-refractivity contribution >= 4 is 6.16 Å². The number of nitrogens with zero attached hydrogens (tertiary/aromatic N) is 1. The highest BCUT2D eigenvalue weighted by molar-refractivity contribution is 5.61. The summed E-state index contributed by atoms with van der Waals surface area (Å²) < 4.78 is 22.8. The summed E-state index contributed by atoms with van der Waals surface area (Å²) >= 11 is 0. The van der Waals surface area contributed by atoms with Gasteiger partial charge in [-0.05, 0) is 63.2 Å². The highest BCUT2D eigenvalue weighted by Gasteiger charge is 2.44. The number of unbranched alkanes of at least 4 members (excludes halogenated alkanes) is 2. The molecule has 0 spiro atoms. The lowest BCUT2D eigenvalue weighted by molar-refractivity contribution is -0.261. The van der Waals surface area contributed by atoms with Crippen molar-refractivity contribution in [2.45, 2.75) is 122 Å². The van der Waals surface area contributed by atoms with Gasteiger partial charge < -0.3 is 18.9 Å². The molecule has 1 aliphatic heterocycles. The molecule has 1 saturated heterocycles. The summed E-state index contributed by atoms with van der Waals surface area (Å²) in [5, 5.41) is 9.68. The largest absolute Gasteiger partial charge is 0.510 e. The maximum Gasteiger partial charge on any atom is 0.510 e. The van der Waals surface area contributed by atoms with Crippen LogP contribution >= 0.6 is 0 Å². The van der Waals surface area contributed by atoms with E-state index in [0.717, 1.165) is 50.4 Å². The molecule has 0 aromatic carbocycles. The van der Waals surface area contributed by atoms with Gasteiger partial charge in [0.2, 0.25) is 5.60 Å². The van der Waals surface area contributed by atoms with E-state index in [1.807, 2.05) is 0 Å². The van der Waals surface area contributed by atoms with Crippen LogP contribution in [0.5, 0.6) is 0 Å². The predicted molar refractivity (Wildman–Crippen MR) is 122 cm³/mol. The Balaban J connectivity index is 1.38. The minimum atomic E-state index is -1.41. The third kappa shape index (κ3) is 7.35. The number of ether oxygens (including phenoxy) is 4. The maximum atomic E-state index is 12.4. The number of carbonyl (C=O) groups excluding carboxylic acids is 1. The molecule has 3 aliphatic rings. The van der Waals surface area contributed by atoms with Gasteiger partial charge in [-0.25, -0.2) is 4.79 Å². The molecule has 0 radical (unpaired) electrons. The van der Waals surface area contributed by atoms with Crippen LogP contribution in [0.4, 0.5) is 4.79 Å². The van der Waals surface area contributed by atoms with E-state index in [4.69, 9.17) is 18.9 Å². The number of nitriles is 1. The van der Waals surface area contributed by atoms with Gasteiger partial charge in [-0.3, -0.25) is 0 Å². The molecule has 2 saturated carbocycles. The molecule has 6 heteroatoms. The van der Waals surface area contributed by atoms with Crippen LogP contribution in [0, 0.1) is 29.1 Å². The molecule has 3 fully saturated rings. The summed E-state index contributed by atoms with van der Waals surface area (Å²) in [6.45, 7) is 4.55. The van der Waals surface area contributed by atoms with Gasteiger partial charge in [0, 0.05) is 5.92 Å². The first kappa shape index (κ1) is 25.3. The molecule has 0 aromatic heterocycles. The standard InChI is InChI=1S/C26H43NO5/c1-3-5-7-20-9-13-22(14-10-20)24-29-18-26(17-27,19-30-24)32-25(28)31-23-15-11-21(12-16-23)8-6-4-2/h20-24H,3-16,18-19H2,1-2H3/t20?,21?,22?,23?,24-,26-. The fourth-order valence-electron chi connectivity index (χ4n) is 5.53. The smallest absolute Gasteiger partial charge is 0.431 e. The van der Waals surface area contributed by atoms with E-state index in [0.29, 0.717) is 5.92 Å². The molecule has 0 unspecified atom stereocenters. The fourth-order valence-corrected chi connectivity index (χ4v) is 5.53. The molecule has 0 bridgehead atoms. The number of rotatable bonds is 9. The fraction of sp³-hybridized carbons (Fsp3) is 0.923. The van der Waals surface area contributed by atoms with Crippen LogP contribution < -0.4 is 0 Å². The summed E-state index contributed by atoms with van der Waals surface area (Å²) in [6, 6.07) is 2.10.